The maximum Gasteiger partial charge on any atom is 0.258 e. The van der Waals surface area contributed by atoms with Gasteiger partial charge in [-0.1, -0.05) is 6.07 Å². The van der Waals surface area contributed by atoms with Gasteiger partial charge in [-0.3, -0.25) is 4.79 Å². The summed E-state index contributed by atoms with van der Waals surface area (Å²) < 4.78 is 36.3. The van der Waals surface area contributed by atoms with Gasteiger partial charge >= 0.3 is 0 Å². The van der Waals surface area contributed by atoms with Gasteiger partial charge in [0.25, 0.3) is 5.91 Å². The van der Waals surface area contributed by atoms with Gasteiger partial charge in [0.05, 0.1) is 4.90 Å². The van der Waals surface area contributed by atoms with Crippen molar-refractivity contribution < 1.29 is 17.6 Å². The van der Waals surface area contributed by atoms with Crippen LogP contribution in [-0.4, -0.2) is 20.9 Å². The quantitative estimate of drug-likeness (QED) is 0.912. The van der Waals surface area contributed by atoms with Gasteiger partial charge in [-0.05, 0) is 54.8 Å². The van der Waals surface area contributed by atoms with E-state index in [4.69, 9.17) is 5.14 Å². The van der Waals surface area contributed by atoms with Crippen molar-refractivity contribution in [3.05, 3.63) is 58.9 Å². The lowest BCUT2D eigenvalue weighted by Gasteiger charge is -2.18. The molecule has 0 saturated heterocycles. The van der Waals surface area contributed by atoms with E-state index < -0.39 is 10.0 Å². The Morgan fingerprint density at radius 2 is 1.96 bits per heavy atom. The van der Waals surface area contributed by atoms with E-state index in [0.717, 1.165) is 5.56 Å². The predicted octanol–water partition coefficient (Wildman–Crippen LogP) is 1.98. The Hall–Kier alpha value is -2.25. The third-order valence-electron chi connectivity index (χ3n) is 3.93. The minimum Gasteiger partial charge on any atom is -0.308 e. The van der Waals surface area contributed by atoms with Gasteiger partial charge in [-0.15, -0.1) is 0 Å². The molecule has 2 aromatic rings. The molecule has 0 aliphatic carbocycles. The minimum atomic E-state index is -3.84. The van der Waals surface area contributed by atoms with Crippen LogP contribution in [0, 0.1) is 12.7 Å². The SMILES string of the molecule is Cc1cc(C(=O)N2CCc3ccc(S(N)(=O)=O)cc32)ccc1F. The molecule has 23 heavy (non-hydrogen) atoms. The number of carbonyl (C=O) groups excluding carboxylic acids is 1. The highest BCUT2D eigenvalue weighted by atomic mass is 32.2. The molecule has 1 aliphatic rings. The smallest absolute Gasteiger partial charge is 0.258 e. The Morgan fingerprint density at radius 3 is 2.61 bits per heavy atom. The molecule has 3 rings (SSSR count). The van der Waals surface area contributed by atoms with Crippen molar-refractivity contribution in [2.75, 3.05) is 11.4 Å². The summed E-state index contributed by atoms with van der Waals surface area (Å²) in [4.78, 5) is 14.1. The number of fused-ring (bicyclic) bond motifs is 1. The molecule has 0 spiro atoms. The lowest BCUT2D eigenvalue weighted by Crippen LogP contribution is -2.29. The Labute approximate surface area is 133 Å². The van der Waals surface area contributed by atoms with Gasteiger partial charge in [0.15, 0.2) is 0 Å². The molecule has 0 bridgehead atoms. The van der Waals surface area contributed by atoms with E-state index >= 15 is 0 Å². The predicted molar refractivity (Wildman–Crippen MR) is 84.3 cm³/mol. The van der Waals surface area contributed by atoms with E-state index in [2.05, 4.69) is 0 Å². The van der Waals surface area contributed by atoms with E-state index in [-0.39, 0.29) is 16.6 Å². The summed E-state index contributed by atoms with van der Waals surface area (Å²) >= 11 is 0. The maximum absolute atomic E-state index is 13.4. The van der Waals surface area contributed by atoms with E-state index in [1.807, 2.05) is 0 Å². The number of rotatable bonds is 2. The van der Waals surface area contributed by atoms with Crippen molar-refractivity contribution in [2.45, 2.75) is 18.2 Å². The molecule has 1 amide bonds. The summed E-state index contributed by atoms with van der Waals surface area (Å²) in [5.74, 6) is -0.668. The first-order chi connectivity index (χ1) is 10.8. The number of nitrogens with two attached hydrogens (primary N) is 1. The third-order valence-corrected chi connectivity index (χ3v) is 4.84. The van der Waals surface area contributed by atoms with Crippen molar-refractivity contribution >= 4 is 21.6 Å². The van der Waals surface area contributed by atoms with Crippen molar-refractivity contribution in [2.24, 2.45) is 5.14 Å². The van der Waals surface area contributed by atoms with Crippen LogP contribution in [0.2, 0.25) is 0 Å². The van der Waals surface area contributed by atoms with Crippen LogP contribution in [0.1, 0.15) is 21.5 Å². The standard InChI is InChI=1S/C16H15FN2O3S/c1-10-8-12(3-5-14(10)17)16(20)19-7-6-11-2-4-13(9-15(11)19)23(18,21)22/h2-5,8-9H,6-7H2,1H3,(H2,18,21,22). The van der Waals surface area contributed by atoms with Crippen LogP contribution in [0.5, 0.6) is 0 Å². The number of amides is 1. The Morgan fingerprint density at radius 1 is 1.22 bits per heavy atom. The van der Waals surface area contributed by atoms with Crippen LogP contribution >= 0.6 is 0 Å². The Balaban J connectivity index is 2.01. The first kappa shape index (κ1) is 15.6. The first-order valence-corrected chi connectivity index (χ1v) is 8.56. The molecule has 0 aromatic heterocycles. The fourth-order valence-corrected chi connectivity index (χ4v) is 3.21. The monoisotopic (exact) mass is 334 g/mol. The number of sulfonamides is 1. The lowest BCUT2D eigenvalue weighted by molar-refractivity contribution is 0.0989. The number of hydrogen-bond acceptors (Lipinski definition) is 3. The van der Waals surface area contributed by atoms with Crippen molar-refractivity contribution in [1.29, 1.82) is 0 Å². The molecule has 7 heteroatoms. The Bertz CT molecular complexity index is 910. The zero-order valence-corrected chi connectivity index (χ0v) is 13.2. The lowest BCUT2D eigenvalue weighted by atomic mass is 10.1. The number of carbonyl (C=O) groups is 1. The molecular weight excluding hydrogens is 319 g/mol. The number of aryl methyl sites for hydroxylation is 1. The summed E-state index contributed by atoms with van der Waals surface area (Å²) in [7, 11) is -3.84. The van der Waals surface area contributed by atoms with E-state index in [0.29, 0.717) is 29.8 Å². The van der Waals surface area contributed by atoms with Crippen molar-refractivity contribution in [3.63, 3.8) is 0 Å². The maximum atomic E-state index is 13.4. The number of hydrogen-bond donors (Lipinski definition) is 1. The number of primary sulfonamides is 1. The first-order valence-electron chi connectivity index (χ1n) is 7.01. The molecule has 0 atom stereocenters. The van der Waals surface area contributed by atoms with Crippen LogP contribution in [0.3, 0.4) is 0 Å². The van der Waals surface area contributed by atoms with Gasteiger partial charge in [0, 0.05) is 17.8 Å². The van der Waals surface area contributed by atoms with Crippen LogP contribution in [-0.2, 0) is 16.4 Å². The van der Waals surface area contributed by atoms with Gasteiger partial charge < -0.3 is 4.90 Å². The minimum absolute atomic E-state index is 0.0359. The van der Waals surface area contributed by atoms with Gasteiger partial charge in [-0.25, -0.2) is 17.9 Å². The molecule has 1 heterocycles. The fourth-order valence-electron chi connectivity index (χ4n) is 2.68. The number of anilines is 1. The average Bonchev–Trinajstić information content (AvgIpc) is 2.91. The zero-order valence-electron chi connectivity index (χ0n) is 12.4. The molecule has 2 N–H and O–H groups in total. The molecule has 0 saturated carbocycles. The summed E-state index contributed by atoms with van der Waals surface area (Å²) in [5.41, 5.74) is 2.15. The second-order valence-electron chi connectivity index (χ2n) is 5.51. The second kappa shape index (κ2) is 5.43. The van der Waals surface area contributed by atoms with Crippen LogP contribution in [0.4, 0.5) is 10.1 Å². The summed E-state index contributed by atoms with van der Waals surface area (Å²) in [6, 6.07) is 8.67. The number of halogens is 1. The van der Waals surface area contributed by atoms with E-state index in [9.17, 15) is 17.6 Å². The zero-order chi connectivity index (χ0) is 16.8. The normalized spacial score (nSPS) is 14.0. The highest BCUT2D eigenvalue weighted by molar-refractivity contribution is 7.89. The molecule has 0 fully saturated rings. The van der Waals surface area contributed by atoms with Gasteiger partial charge in [-0.2, -0.15) is 0 Å². The highest BCUT2D eigenvalue weighted by Gasteiger charge is 2.27. The largest absolute Gasteiger partial charge is 0.308 e. The molecule has 120 valence electrons. The van der Waals surface area contributed by atoms with E-state index in [1.54, 1.807) is 13.0 Å². The highest BCUT2D eigenvalue weighted by Crippen LogP contribution is 2.31. The van der Waals surface area contributed by atoms with Crippen LogP contribution in [0.25, 0.3) is 0 Å². The fraction of sp³-hybridized carbons (Fsp3) is 0.188. The third kappa shape index (κ3) is 2.85. The molecular formula is C16H15FN2O3S. The Kier molecular flexibility index (Phi) is 3.69. The molecule has 0 radical (unpaired) electrons. The van der Waals surface area contributed by atoms with Crippen molar-refractivity contribution in [1.82, 2.24) is 0 Å². The number of nitrogens with zero attached hydrogens (tertiary/aromatic N) is 1. The molecule has 2 aromatic carbocycles. The van der Waals surface area contributed by atoms with Gasteiger partial charge in [0.2, 0.25) is 10.0 Å². The topological polar surface area (TPSA) is 80.5 Å². The van der Waals surface area contributed by atoms with Crippen LogP contribution < -0.4 is 10.0 Å². The summed E-state index contributed by atoms with van der Waals surface area (Å²) in [6.07, 6.45) is 0.631. The van der Waals surface area contributed by atoms with Crippen molar-refractivity contribution in [3.8, 4) is 0 Å². The average molecular weight is 334 g/mol. The van der Waals surface area contributed by atoms with Gasteiger partial charge in [0.1, 0.15) is 5.82 Å². The molecule has 0 unspecified atom stereocenters. The number of benzene rings is 2. The van der Waals surface area contributed by atoms with E-state index in [1.165, 1.54) is 35.2 Å². The molecule has 5 nitrogen and oxygen atoms in total. The molecule has 1 aliphatic heterocycles. The summed E-state index contributed by atoms with van der Waals surface area (Å²) in [6.45, 7) is 2.03. The van der Waals surface area contributed by atoms with Crippen LogP contribution in [0.15, 0.2) is 41.3 Å². The summed E-state index contributed by atoms with van der Waals surface area (Å²) in [5, 5.41) is 5.15. The second-order valence-corrected chi connectivity index (χ2v) is 7.07.